The molecule has 0 aliphatic heterocycles. The Balaban J connectivity index is 1.73. The minimum Gasteiger partial charge on any atom is -0.337 e. The molecule has 0 radical (unpaired) electrons. The van der Waals surface area contributed by atoms with Crippen LogP contribution in [0.4, 0.5) is 0 Å². The SMILES string of the molecule is CC(N)(c1nc(-c2ccc3nccnc3c2)no1)C1CC1. The summed E-state index contributed by atoms with van der Waals surface area (Å²) in [5.41, 5.74) is 8.26. The fourth-order valence-corrected chi connectivity index (χ4v) is 2.52. The molecular formula is C15H15N5O. The van der Waals surface area contributed by atoms with Gasteiger partial charge in [-0.05, 0) is 43.9 Å². The Morgan fingerprint density at radius 2 is 1.95 bits per heavy atom. The molecule has 1 atom stereocenters. The van der Waals surface area contributed by atoms with Gasteiger partial charge in [0.25, 0.3) is 0 Å². The van der Waals surface area contributed by atoms with Crippen LogP contribution in [0, 0.1) is 5.92 Å². The molecule has 0 bridgehead atoms. The van der Waals surface area contributed by atoms with Gasteiger partial charge in [-0.15, -0.1) is 0 Å². The van der Waals surface area contributed by atoms with E-state index in [0.717, 1.165) is 29.4 Å². The zero-order valence-electron chi connectivity index (χ0n) is 11.7. The first-order valence-electron chi connectivity index (χ1n) is 6.99. The van der Waals surface area contributed by atoms with Crippen LogP contribution in [0.25, 0.3) is 22.4 Å². The molecule has 0 saturated heterocycles. The summed E-state index contributed by atoms with van der Waals surface area (Å²) in [5, 5.41) is 4.06. The number of nitrogens with zero attached hydrogens (tertiary/aromatic N) is 4. The van der Waals surface area contributed by atoms with E-state index in [1.54, 1.807) is 12.4 Å². The van der Waals surface area contributed by atoms with Crippen molar-refractivity contribution in [1.29, 1.82) is 0 Å². The summed E-state index contributed by atoms with van der Waals surface area (Å²) >= 11 is 0. The molecule has 3 aromatic rings. The summed E-state index contributed by atoms with van der Waals surface area (Å²) in [7, 11) is 0. The van der Waals surface area contributed by atoms with Crippen molar-refractivity contribution >= 4 is 11.0 Å². The monoisotopic (exact) mass is 281 g/mol. The van der Waals surface area contributed by atoms with Gasteiger partial charge in [-0.3, -0.25) is 9.97 Å². The van der Waals surface area contributed by atoms with Crippen LogP contribution >= 0.6 is 0 Å². The van der Waals surface area contributed by atoms with E-state index in [1.807, 2.05) is 25.1 Å². The van der Waals surface area contributed by atoms with Crippen molar-refractivity contribution in [3.05, 3.63) is 36.5 Å². The summed E-state index contributed by atoms with van der Waals surface area (Å²) in [6.45, 7) is 1.95. The van der Waals surface area contributed by atoms with Crippen LogP contribution in [0.5, 0.6) is 0 Å². The minimum absolute atomic E-state index is 0.438. The van der Waals surface area contributed by atoms with Crippen molar-refractivity contribution in [3.8, 4) is 11.4 Å². The van der Waals surface area contributed by atoms with Crippen molar-refractivity contribution in [3.63, 3.8) is 0 Å². The molecule has 106 valence electrons. The van der Waals surface area contributed by atoms with Crippen LogP contribution in [0.1, 0.15) is 25.7 Å². The molecule has 6 nitrogen and oxygen atoms in total. The average Bonchev–Trinajstić information content (AvgIpc) is 3.24. The van der Waals surface area contributed by atoms with Crippen LogP contribution in [0.2, 0.25) is 0 Å². The van der Waals surface area contributed by atoms with Crippen LogP contribution in [-0.4, -0.2) is 20.1 Å². The third kappa shape index (κ3) is 2.08. The van der Waals surface area contributed by atoms with Crippen LogP contribution in [0.15, 0.2) is 35.1 Å². The largest absolute Gasteiger partial charge is 0.337 e. The molecule has 2 heterocycles. The molecule has 4 rings (SSSR count). The van der Waals surface area contributed by atoms with Gasteiger partial charge < -0.3 is 10.3 Å². The fourth-order valence-electron chi connectivity index (χ4n) is 2.52. The van der Waals surface area contributed by atoms with E-state index in [-0.39, 0.29) is 0 Å². The molecule has 1 unspecified atom stereocenters. The molecule has 21 heavy (non-hydrogen) atoms. The van der Waals surface area contributed by atoms with Crippen LogP contribution in [-0.2, 0) is 5.54 Å². The van der Waals surface area contributed by atoms with Gasteiger partial charge in [0.05, 0.1) is 16.6 Å². The Labute approximate surface area is 121 Å². The predicted octanol–water partition coefficient (Wildman–Crippen LogP) is 2.26. The summed E-state index contributed by atoms with van der Waals surface area (Å²) in [5.74, 6) is 1.47. The van der Waals surface area contributed by atoms with Crippen molar-refractivity contribution in [2.75, 3.05) is 0 Å². The number of benzene rings is 1. The summed E-state index contributed by atoms with van der Waals surface area (Å²) < 4.78 is 5.38. The highest BCUT2D eigenvalue weighted by molar-refractivity contribution is 5.79. The van der Waals surface area contributed by atoms with Gasteiger partial charge in [0.15, 0.2) is 0 Å². The van der Waals surface area contributed by atoms with E-state index in [2.05, 4.69) is 20.1 Å². The molecule has 1 aliphatic rings. The Kier molecular flexibility index (Phi) is 2.56. The number of nitrogens with two attached hydrogens (primary N) is 1. The van der Waals surface area contributed by atoms with Crippen molar-refractivity contribution in [2.24, 2.45) is 11.7 Å². The van der Waals surface area contributed by atoms with Gasteiger partial charge in [-0.2, -0.15) is 4.98 Å². The molecule has 2 N–H and O–H groups in total. The summed E-state index contributed by atoms with van der Waals surface area (Å²) in [6, 6.07) is 5.72. The minimum atomic E-state index is -0.540. The molecule has 0 amide bonds. The second-order valence-corrected chi connectivity index (χ2v) is 5.74. The second kappa shape index (κ2) is 4.33. The molecule has 1 aliphatic carbocycles. The zero-order chi connectivity index (χ0) is 14.4. The number of aromatic nitrogens is 4. The van der Waals surface area contributed by atoms with Gasteiger partial charge in [-0.1, -0.05) is 5.16 Å². The quantitative estimate of drug-likeness (QED) is 0.791. The van der Waals surface area contributed by atoms with Crippen LogP contribution in [0.3, 0.4) is 0 Å². The van der Waals surface area contributed by atoms with Crippen molar-refractivity contribution < 1.29 is 4.52 Å². The zero-order valence-corrected chi connectivity index (χ0v) is 11.7. The van der Waals surface area contributed by atoms with Gasteiger partial charge in [-0.25, -0.2) is 0 Å². The molecular weight excluding hydrogens is 266 g/mol. The lowest BCUT2D eigenvalue weighted by molar-refractivity contribution is 0.273. The number of fused-ring (bicyclic) bond motifs is 1. The Morgan fingerprint density at radius 3 is 2.71 bits per heavy atom. The number of hydrogen-bond acceptors (Lipinski definition) is 6. The summed E-state index contributed by atoms with van der Waals surface area (Å²) in [6.07, 6.45) is 5.58. The van der Waals surface area contributed by atoms with Crippen LogP contribution < -0.4 is 5.73 Å². The molecule has 1 fully saturated rings. The Morgan fingerprint density at radius 1 is 1.19 bits per heavy atom. The average molecular weight is 281 g/mol. The van der Waals surface area contributed by atoms with E-state index in [4.69, 9.17) is 10.3 Å². The lowest BCUT2D eigenvalue weighted by Gasteiger charge is -2.18. The van der Waals surface area contributed by atoms with Gasteiger partial charge in [0.1, 0.15) is 0 Å². The summed E-state index contributed by atoms with van der Waals surface area (Å²) in [4.78, 5) is 13.0. The topological polar surface area (TPSA) is 90.7 Å². The highest BCUT2D eigenvalue weighted by Crippen LogP contribution is 2.43. The lowest BCUT2D eigenvalue weighted by Crippen LogP contribution is -2.35. The third-order valence-electron chi connectivity index (χ3n) is 4.04. The first-order chi connectivity index (χ1) is 10.1. The normalized spacial score (nSPS) is 17.8. The van der Waals surface area contributed by atoms with Gasteiger partial charge >= 0.3 is 0 Å². The lowest BCUT2D eigenvalue weighted by atomic mass is 9.97. The molecule has 1 aromatic carbocycles. The van der Waals surface area contributed by atoms with Gasteiger partial charge in [0.2, 0.25) is 11.7 Å². The Hall–Kier alpha value is -2.34. The van der Waals surface area contributed by atoms with Crippen molar-refractivity contribution in [2.45, 2.75) is 25.3 Å². The van der Waals surface area contributed by atoms with E-state index in [1.165, 1.54) is 0 Å². The van der Waals surface area contributed by atoms with E-state index in [9.17, 15) is 0 Å². The predicted molar refractivity (Wildman–Crippen MR) is 77.1 cm³/mol. The maximum absolute atomic E-state index is 6.31. The highest BCUT2D eigenvalue weighted by Gasteiger charge is 2.43. The first kappa shape index (κ1) is 12.4. The molecule has 2 aromatic heterocycles. The second-order valence-electron chi connectivity index (χ2n) is 5.74. The fraction of sp³-hybridized carbons (Fsp3) is 0.333. The molecule has 0 spiro atoms. The van der Waals surface area contributed by atoms with E-state index in [0.29, 0.717) is 17.6 Å². The van der Waals surface area contributed by atoms with E-state index >= 15 is 0 Å². The highest BCUT2D eigenvalue weighted by atomic mass is 16.5. The maximum Gasteiger partial charge on any atom is 0.247 e. The van der Waals surface area contributed by atoms with Gasteiger partial charge in [0, 0.05) is 18.0 Å². The molecule has 1 saturated carbocycles. The third-order valence-corrected chi connectivity index (χ3v) is 4.04. The molecule has 6 heteroatoms. The number of hydrogen-bond donors (Lipinski definition) is 1. The maximum atomic E-state index is 6.31. The smallest absolute Gasteiger partial charge is 0.247 e. The Bertz CT molecular complexity index is 806. The number of rotatable bonds is 3. The first-order valence-corrected chi connectivity index (χ1v) is 6.99. The van der Waals surface area contributed by atoms with E-state index < -0.39 is 5.54 Å². The van der Waals surface area contributed by atoms with Crippen molar-refractivity contribution in [1.82, 2.24) is 20.1 Å². The standard InChI is InChI=1S/C15H15N5O/c1-15(16,10-3-4-10)14-19-13(20-21-14)9-2-5-11-12(8-9)18-7-6-17-11/h2,5-8,10H,3-4,16H2,1H3.